The van der Waals surface area contributed by atoms with Gasteiger partial charge in [-0.05, 0) is 38.4 Å². The molecular formula is C19H29N5O. The molecule has 1 atom stereocenters. The number of nitrogens with one attached hydrogen (secondary N) is 1. The molecule has 1 aromatic carbocycles. The van der Waals surface area contributed by atoms with E-state index in [-0.39, 0.29) is 6.03 Å². The van der Waals surface area contributed by atoms with Gasteiger partial charge in [-0.15, -0.1) is 0 Å². The number of imidazole rings is 1. The number of rotatable bonds is 4. The molecule has 1 fully saturated rings. The highest BCUT2D eigenvalue weighted by molar-refractivity contribution is 5.93. The Labute approximate surface area is 149 Å². The van der Waals surface area contributed by atoms with Gasteiger partial charge in [0.25, 0.3) is 0 Å². The zero-order valence-electron chi connectivity index (χ0n) is 15.7. The zero-order chi connectivity index (χ0) is 18.0. The highest BCUT2D eigenvalue weighted by Crippen LogP contribution is 2.24. The smallest absolute Gasteiger partial charge is 0.328 e. The Balaban J connectivity index is 1.91. The van der Waals surface area contributed by atoms with Crippen LogP contribution in [0.15, 0.2) is 24.3 Å². The van der Waals surface area contributed by atoms with Gasteiger partial charge in [-0.25, -0.2) is 14.3 Å². The SMILES string of the molecule is CC(C)CCNC(=O)n1c(N2CCN(C)C(C)C2)nc2ccccc21. The van der Waals surface area contributed by atoms with Crippen LogP contribution < -0.4 is 10.2 Å². The standard InChI is InChI=1S/C19H29N5O/c1-14(2)9-10-20-19(25)24-17-8-6-5-7-16(17)21-18(24)23-12-11-22(4)15(3)13-23/h5-8,14-15H,9-13H2,1-4H3,(H,20,25). The minimum Gasteiger partial charge on any atom is -0.339 e. The van der Waals surface area contributed by atoms with Crippen LogP contribution in [0.3, 0.4) is 0 Å². The zero-order valence-corrected chi connectivity index (χ0v) is 15.7. The summed E-state index contributed by atoms with van der Waals surface area (Å²) in [5.74, 6) is 1.32. The molecule has 25 heavy (non-hydrogen) atoms. The Hall–Kier alpha value is -2.08. The van der Waals surface area contributed by atoms with E-state index in [1.165, 1.54) is 0 Å². The largest absolute Gasteiger partial charge is 0.339 e. The molecule has 1 saturated heterocycles. The Kier molecular flexibility index (Phi) is 5.27. The van der Waals surface area contributed by atoms with E-state index in [0.717, 1.165) is 43.0 Å². The maximum Gasteiger partial charge on any atom is 0.328 e. The van der Waals surface area contributed by atoms with Crippen LogP contribution in [0.25, 0.3) is 11.0 Å². The second kappa shape index (κ2) is 7.44. The summed E-state index contributed by atoms with van der Waals surface area (Å²) in [5, 5.41) is 3.05. The average molecular weight is 343 g/mol. The summed E-state index contributed by atoms with van der Waals surface area (Å²) in [6.45, 7) is 9.94. The number of likely N-dealkylation sites (N-methyl/N-ethyl adjacent to an activating group) is 1. The number of nitrogens with zero attached hydrogens (tertiary/aromatic N) is 4. The van der Waals surface area contributed by atoms with Gasteiger partial charge >= 0.3 is 6.03 Å². The van der Waals surface area contributed by atoms with Crippen molar-refractivity contribution in [1.82, 2.24) is 19.8 Å². The van der Waals surface area contributed by atoms with Crippen LogP contribution in [0.1, 0.15) is 27.2 Å². The van der Waals surface area contributed by atoms with Crippen LogP contribution >= 0.6 is 0 Å². The molecular weight excluding hydrogens is 314 g/mol. The highest BCUT2D eigenvalue weighted by atomic mass is 16.2. The fourth-order valence-corrected chi connectivity index (χ4v) is 3.20. The van der Waals surface area contributed by atoms with Crippen LogP contribution in [0.5, 0.6) is 0 Å². The van der Waals surface area contributed by atoms with Crippen LogP contribution in [0.2, 0.25) is 0 Å². The number of amides is 1. The van der Waals surface area contributed by atoms with E-state index < -0.39 is 0 Å². The molecule has 1 N–H and O–H groups in total. The van der Waals surface area contributed by atoms with Gasteiger partial charge in [0.15, 0.2) is 0 Å². The van der Waals surface area contributed by atoms with E-state index in [2.05, 4.69) is 42.9 Å². The molecule has 0 aliphatic carbocycles. The lowest BCUT2D eigenvalue weighted by Crippen LogP contribution is -2.51. The van der Waals surface area contributed by atoms with Gasteiger partial charge in [-0.2, -0.15) is 0 Å². The fraction of sp³-hybridized carbons (Fsp3) is 0.579. The van der Waals surface area contributed by atoms with Gasteiger partial charge in [0.05, 0.1) is 11.0 Å². The lowest BCUT2D eigenvalue weighted by Gasteiger charge is -2.38. The molecule has 1 unspecified atom stereocenters. The highest BCUT2D eigenvalue weighted by Gasteiger charge is 2.27. The number of hydrogen-bond acceptors (Lipinski definition) is 4. The first-order valence-electron chi connectivity index (χ1n) is 9.18. The number of fused-ring (bicyclic) bond motifs is 1. The summed E-state index contributed by atoms with van der Waals surface area (Å²) in [7, 11) is 2.14. The Morgan fingerprint density at radius 2 is 2.08 bits per heavy atom. The number of para-hydroxylation sites is 2. The average Bonchev–Trinajstić information content (AvgIpc) is 2.96. The molecule has 1 aromatic heterocycles. The normalized spacial score (nSPS) is 18.9. The maximum atomic E-state index is 12.9. The molecule has 136 valence electrons. The second-order valence-electron chi connectivity index (χ2n) is 7.43. The van der Waals surface area contributed by atoms with Gasteiger partial charge in [-0.1, -0.05) is 26.0 Å². The second-order valence-corrected chi connectivity index (χ2v) is 7.43. The number of hydrogen-bond donors (Lipinski definition) is 1. The minimum absolute atomic E-state index is 0.0871. The van der Waals surface area contributed by atoms with Gasteiger partial charge in [0, 0.05) is 32.2 Å². The molecule has 6 heteroatoms. The Morgan fingerprint density at radius 3 is 2.80 bits per heavy atom. The van der Waals surface area contributed by atoms with E-state index in [4.69, 9.17) is 4.98 Å². The maximum absolute atomic E-state index is 12.9. The summed E-state index contributed by atoms with van der Waals surface area (Å²) in [6, 6.07) is 8.20. The summed E-state index contributed by atoms with van der Waals surface area (Å²) < 4.78 is 1.74. The van der Waals surface area contributed by atoms with Crippen LogP contribution in [0, 0.1) is 5.92 Å². The lowest BCUT2D eigenvalue weighted by molar-refractivity contribution is 0.230. The third-order valence-corrected chi connectivity index (χ3v) is 4.99. The van der Waals surface area contributed by atoms with Gasteiger partial charge in [0.2, 0.25) is 5.95 Å². The molecule has 3 rings (SSSR count). The van der Waals surface area contributed by atoms with E-state index in [1.807, 2.05) is 24.3 Å². The molecule has 2 heterocycles. The van der Waals surface area contributed by atoms with Crippen LogP contribution in [0.4, 0.5) is 10.7 Å². The van der Waals surface area contributed by atoms with Crippen molar-refractivity contribution in [3.63, 3.8) is 0 Å². The van der Waals surface area contributed by atoms with Crippen molar-refractivity contribution in [2.45, 2.75) is 33.2 Å². The predicted molar refractivity (Wildman–Crippen MR) is 102 cm³/mol. The van der Waals surface area contributed by atoms with Crippen LogP contribution in [-0.2, 0) is 0 Å². The van der Waals surface area contributed by atoms with Crippen molar-refractivity contribution in [3.8, 4) is 0 Å². The third kappa shape index (κ3) is 3.79. The van der Waals surface area contributed by atoms with Gasteiger partial charge < -0.3 is 15.1 Å². The van der Waals surface area contributed by atoms with Crippen molar-refractivity contribution >= 4 is 23.0 Å². The van der Waals surface area contributed by atoms with E-state index >= 15 is 0 Å². The van der Waals surface area contributed by atoms with E-state index in [9.17, 15) is 4.79 Å². The molecule has 2 aromatic rings. The Bertz CT molecular complexity index is 738. The van der Waals surface area contributed by atoms with Crippen molar-refractivity contribution in [3.05, 3.63) is 24.3 Å². The number of anilines is 1. The first-order chi connectivity index (χ1) is 12.0. The van der Waals surface area contributed by atoms with Crippen molar-refractivity contribution in [2.75, 3.05) is 38.1 Å². The molecule has 6 nitrogen and oxygen atoms in total. The first kappa shape index (κ1) is 17.7. The number of piperazine rings is 1. The molecule has 0 bridgehead atoms. The fourth-order valence-electron chi connectivity index (χ4n) is 3.20. The number of benzene rings is 1. The summed E-state index contributed by atoms with van der Waals surface area (Å²) in [5.41, 5.74) is 1.73. The number of aromatic nitrogens is 2. The minimum atomic E-state index is -0.0871. The van der Waals surface area contributed by atoms with Gasteiger partial charge in [0.1, 0.15) is 0 Å². The molecule has 0 saturated carbocycles. The van der Waals surface area contributed by atoms with E-state index in [1.54, 1.807) is 4.57 Å². The number of carbonyl (C=O) groups is 1. The topological polar surface area (TPSA) is 53.4 Å². The number of carbonyl (C=O) groups excluding carboxylic acids is 1. The van der Waals surface area contributed by atoms with Crippen molar-refractivity contribution < 1.29 is 4.79 Å². The summed E-state index contributed by atoms with van der Waals surface area (Å²) >= 11 is 0. The monoisotopic (exact) mass is 343 g/mol. The molecule has 0 spiro atoms. The van der Waals surface area contributed by atoms with Crippen molar-refractivity contribution in [2.24, 2.45) is 5.92 Å². The summed E-state index contributed by atoms with van der Waals surface area (Å²) in [6.07, 6.45) is 0.971. The lowest BCUT2D eigenvalue weighted by atomic mass is 10.1. The predicted octanol–water partition coefficient (Wildman–Crippen LogP) is 2.78. The quantitative estimate of drug-likeness (QED) is 0.927. The Morgan fingerprint density at radius 1 is 1.32 bits per heavy atom. The summed E-state index contributed by atoms with van der Waals surface area (Å²) in [4.78, 5) is 22.2. The van der Waals surface area contributed by atoms with E-state index in [0.29, 0.717) is 18.5 Å². The third-order valence-electron chi connectivity index (χ3n) is 4.99. The molecule has 1 aliphatic heterocycles. The molecule has 1 aliphatic rings. The molecule has 0 radical (unpaired) electrons. The van der Waals surface area contributed by atoms with Gasteiger partial charge in [-0.3, -0.25) is 0 Å². The van der Waals surface area contributed by atoms with Crippen molar-refractivity contribution in [1.29, 1.82) is 0 Å². The van der Waals surface area contributed by atoms with Crippen LogP contribution in [-0.4, -0.2) is 59.8 Å². The first-order valence-corrected chi connectivity index (χ1v) is 9.18. The molecule has 1 amide bonds.